The molecule has 3 N–H and O–H groups in total. The summed E-state index contributed by atoms with van der Waals surface area (Å²) in [6.45, 7) is 5.55. The quantitative estimate of drug-likeness (QED) is 0.611. The first kappa shape index (κ1) is 13.9. The van der Waals surface area contributed by atoms with Crippen LogP contribution in [-0.4, -0.2) is 41.4 Å². The maximum Gasteiger partial charge on any atom is 0.414 e. The first-order valence-electron chi connectivity index (χ1n) is 5.73. The topological polar surface area (TPSA) is 87.7 Å². The van der Waals surface area contributed by atoms with Crippen molar-refractivity contribution in [2.75, 3.05) is 6.54 Å². The van der Waals surface area contributed by atoms with Crippen LogP contribution in [0.25, 0.3) is 0 Å². The molecule has 0 unspecified atom stereocenters. The van der Waals surface area contributed by atoms with Crippen LogP contribution in [-0.2, 0) is 9.53 Å². The smallest absolute Gasteiger partial charge is 0.414 e. The van der Waals surface area contributed by atoms with Crippen molar-refractivity contribution in [2.24, 2.45) is 0 Å². The third kappa shape index (κ3) is 5.14. The molecule has 98 valence electrons. The normalized spacial score (nSPS) is 25.2. The Kier molecular flexibility index (Phi) is 4.47. The molecule has 6 heteroatoms. The summed E-state index contributed by atoms with van der Waals surface area (Å²) >= 11 is 0. The molecule has 1 fully saturated rings. The highest BCUT2D eigenvalue weighted by atomic mass is 16.6. The minimum atomic E-state index is -0.740. The Labute approximate surface area is 101 Å². The molecule has 0 aromatic carbocycles. The fourth-order valence-electron chi connectivity index (χ4n) is 1.56. The van der Waals surface area contributed by atoms with Crippen molar-refractivity contribution in [1.82, 2.24) is 10.6 Å². The fraction of sp³-hybridized carbons (Fsp3) is 0.818. The number of amides is 2. The number of alkyl carbamates (subject to hydrolysis) is 1. The Balaban J connectivity index is 2.36. The van der Waals surface area contributed by atoms with Crippen LogP contribution in [0.5, 0.6) is 0 Å². The number of carbonyl (C=O) groups is 2. The highest BCUT2D eigenvalue weighted by Crippen LogP contribution is 2.09. The van der Waals surface area contributed by atoms with E-state index in [9.17, 15) is 14.7 Å². The Morgan fingerprint density at radius 1 is 1.35 bits per heavy atom. The van der Waals surface area contributed by atoms with Crippen LogP contribution < -0.4 is 10.6 Å². The zero-order chi connectivity index (χ0) is 13.1. The molecule has 1 rings (SSSR count). The number of carbonyl (C=O) groups excluding carboxylic acids is 2. The molecule has 0 saturated carbocycles. The largest absolute Gasteiger partial charge is 0.444 e. The average molecular weight is 244 g/mol. The van der Waals surface area contributed by atoms with Crippen molar-refractivity contribution in [3.8, 4) is 0 Å². The number of rotatable bonds is 1. The molecule has 17 heavy (non-hydrogen) atoms. The van der Waals surface area contributed by atoms with Crippen LogP contribution in [0.3, 0.4) is 0 Å². The molecule has 1 aliphatic heterocycles. The van der Waals surface area contributed by atoms with Gasteiger partial charge < -0.3 is 15.2 Å². The van der Waals surface area contributed by atoms with Crippen LogP contribution in [0.1, 0.15) is 33.6 Å². The Hall–Kier alpha value is -1.14. The number of nitrogens with one attached hydrogen (secondary N) is 2. The van der Waals surface area contributed by atoms with E-state index < -0.39 is 29.7 Å². The number of aliphatic hydroxyl groups excluding tert-OH is 1. The van der Waals surface area contributed by atoms with Crippen LogP contribution in [0.15, 0.2) is 0 Å². The maximum absolute atomic E-state index is 11.6. The average Bonchev–Trinajstić information content (AvgIpc) is 2.15. The number of hydrogen-bond acceptors (Lipinski definition) is 5. The van der Waals surface area contributed by atoms with Gasteiger partial charge in [0.2, 0.25) is 5.91 Å². The van der Waals surface area contributed by atoms with Crippen molar-refractivity contribution < 1.29 is 19.4 Å². The van der Waals surface area contributed by atoms with Crippen LogP contribution >= 0.6 is 0 Å². The lowest BCUT2D eigenvalue weighted by Gasteiger charge is -2.26. The highest BCUT2D eigenvalue weighted by molar-refractivity contribution is 5.95. The molecule has 0 aliphatic carbocycles. The van der Waals surface area contributed by atoms with Gasteiger partial charge in [0.1, 0.15) is 5.60 Å². The lowest BCUT2D eigenvalue weighted by molar-refractivity contribution is -0.123. The van der Waals surface area contributed by atoms with E-state index in [1.807, 2.05) is 0 Å². The van der Waals surface area contributed by atoms with Gasteiger partial charge in [-0.2, -0.15) is 0 Å². The Morgan fingerprint density at radius 3 is 2.47 bits per heavy atom. The zero-order valence-electron chi connectivity index (χ0n) is 10.4. The van der Waals surface area contributed by atoms with Gasteiger partial charge in [0.05, 0.1) is 12.1 Å². The second-order valence-electron chi connectivity index (χ2n) is 5.18. The minimum absolute atomic E-state index is 0.367. The predicted octanol–water partition coefficient (Wildman–Crippen LogP) is 0.151. The van der Waals surface area contributed by atoms with Gasteiger partial charge in [-0.3, -0.25) is 10.1 Å². The monoisotopic (exact) mass is 244 g/mol. The van der Waals surface area contributed by atoms with Crippen molar-refractivity contribution in [1.29, 1.82) is 0 Å². The zero-order valence-corrected chi connectivity index (χ0v) is 10.4. The highest BCUT2D eigenvalue weighted by Gasteiger charge is 2.27. The molecule has 1 saturated heterocycles. The first-order valence-corrected chi connectivity index (χ1v) is 5.73. The fourth-order valence-corrected chi connectivity index (χ4v) is 1.56. The van der Waals surface area contributed by atoms with E-state index in [1.165, 1.54) is 0 Å². The molecule has 2 amide bonds. The van der Waals surface area contributed by atoms with Crippen LogP contribution in [0.2, 0.25) is 0 Å². The van der Waals surface area contributed by atoms with Gasteiger partial charge in [-0.05, 0) is 33.6 Å². The van der Waals surface area contributed by atoms with Crippen LogP contribution in [0.4, 0.5) is 4.79 Å². The molecular weight excluding hydrogens is 224 g/mol. The molecule has 0 aromatic heterocycles. The van der Waals surface area contributed by atoms with Crippen molar-refractivity contribution >= 4 is 12.0 Å². The summed E-state index contributed by atoms with van der Waals surface area (Å²) in [6, 6.07) is -0.439. The molecule has 6 nitrogen and oxygen atoms in total. The summed E-state index contributed by atoms with van der Waals surface area (Å²) in [5.74, 6) is -0.411. The lowest BCUT2D eigenvalue weighted by atomic mass is 10.0. The third-order valence-corrected chi connectivity index (χ3v) is 2.33. The van der Waals surface area contributed by atoms with Gasteiger partial charge in [-0.1, -0.05) is 0 Å². The van der Waals surface area contributed by atoms with Crippen molar-refractivity contribution in [3.05, 3.63) is 0 Å². The third-order valence-electron chi connectivity index (χ3n) is 2.33. The summed E-state index contributed by atoms with van der Waals surface area (Å²) in [5, 5.41) is 14.3. The van der Waals surface area contributed by atoms with E-state index in [0.29, 0.717) is 19.4 Å². The molecule has 0 aromatic rings. The molecular formula is C11H20N2O4. The second-order valence-corrected chi connectivity index (χ2v) is 5.18. The molecule has 1 aliphatic rings. The Morgan fingerprint density at radius 2 is 2.00 bits per heavy atom. The van der Waals surface area contributed by atoms with E-state index >= 15 is 0 Å². The van der Waals surface area contributed by atoms with Crippen molar-refractivity contribution in [3.63, 3.8) is 0 Å². The summed E-state index contributed by atoms with van der Waals surface area (Å²) in [7, 11) is 0. The summed E-state index contributed by atoms with van der Waals surface area (Å²) in [4.78, 5) is 23.0. The van der Waals surface area contributed by atoms with E-state index in [1.54, 1.807) is 20.8 Å². The van der Waals surface area contributed by atoms with Gasteiger partial charge in [0.25, 0.3) is 0 Å². The molecule has 0 spiro atoms. The van der Waals surface area contributed by atoms with Gasteiger partial charge in [0.15, 0.2) is 0 Å². The van der Waals surface area contributed by atoms with Crippen LogP contribution in [0, 0.1) is 0 Å². The van der Waals surface area contributed by atoms with E-state index in [4.69, 9.17) is 4.74 Å². The van der Waals surface area contributed by atoms with E-state index in [0.717, 1.165) is 0 Å². The number of β-amino-alcohol motifs (C(OH)–C–C–N with tert-alkyl or cyclic N) is 1. The second kappa shape index (κ2) is 5.46. The maximum atomic E-state index is 11.6. The number of hydrogen-bond donors (Lipinski definition) is 3. The van der Waals surface area contributed by atoms with Gasteiger partial charge >= 0.3 is 6.09 Å². The van der Waals surface area contributed by atoms with Gasteiger partial charge in [0, 0.05) is 6.54 Å². The number of piperidine rings is 1. The van der Waals surface area contributed by atoms with E-state index in [2.05, 4.69) is 10.6 Å². The molecule has 0 bridgehead atoms. The first-order chi connectivity index (χ1) is 7.78. The minimum Gasteiger partial charge on any atom is -0.444 e. The standard InChI is InChI=1S/C11H20N2O4/c1-11(2,3)17-10(16)13-9(15)8-5-4-7(14)6-12-8/h7-8,12,14H,4-6H2,1-3H3,(H,13,15,16)/t7-,8-/m1/s1. The summed E-state index contributed by atoms with van der Waals surface area (Å²) in [5.41, 5.74) is -0.624. The molecule has 2 atom stereocenters. The number of imide groups is 1. The van der Waals surface area contributed by atoms with Gasteiger partial charge in [-0.25, -0.2) is 4.79 Å². The van der Waals surface area contributed by atoms with Crippen molar-refractivity contribution in [2.45, 2.75) is 51.4 Å². The molecule has 1 heterocycles. The Bertz CT molecular complexity index is 290. The summed E-state index contributed by atoms with van der Waals surface area (Å²) < 4.78 is 4.97. The van der Waals surface area contributed by atoms with Gasteiger partial charge in [-0.15, -0.1) is 0 Å². The molecule has 0 radical (unpaired) electrons. The predicted molar refractivity (Wildman–Crippen MR) is 61.4 cm³/mol. The van der Waals surface area contributed by atoms with E-state index in [-0.39, 0.29) is 0 Å². The summed E-state index contributed by atoms with van der Waals surface area (Å²) in [6.07, 6.45) is -0.0918. The SMILES string of the molecule is CC(C)(C)OC(=O)NC(=O)[C@H]1CC[C@@H](O)CN1. The number of ether oxygens (including phenoxy) is 1. The number of aliphatic hydroxyl groups is 1. The lowest BCUT2D eigenvalue weighted by Crippen LogP contribution is -2.52.